The van der Waals surface area contributed by atoms with Crippen molar-refractivity contribution in [1.82, 2.24) is 24.5 Å². The van der Waals surface area contributed by atoms with Gasteiger partial charge in [-0.15, -0.1) is 0 Å². The molecule has 164 valence electrons. The first-order valence-corrected chi connectivity index (χ1v) is 11.3. The number of hydrogen-bond acceptors (Lipinski definition) is 5. The van der Waals surface area contributed by atoms with E-state index in [1.165, 1.54) is 6.20 Å². The normalized spacial score (nSPS) is 27.0. The van der Waals surface area contributed by atoms with Gasteiger partial charge in [0.1, 0.15) is 5.82 Å². The van der Waals surface area contributed by atoms with Gasteiger partial charge in [0, 0.05) is 44.4 Å². The molecule has 1 aliphatic carbocycles. The molecular formula is C18H23F3N6O2S. The molecule has 12 heteroatoms. The first kappa shape index (κ1) is 20.0. The Morgan fingerprint density at radius 3 is 2.47 bits per heavy atom. The number of aromatic nitrogens is 2. The molecular weight excluding hydrogens is 421 g/mol. The van der Waals surface area contributed by atoms with E-state index in [-0.39, 0.29) is 36.9 Å². The number of rotatable bonds is 4. The Kier molecular flexibility index (Phi) is 4.51. The van der Waals surface area contributed by atoms with Crippen molar-refractivity contribution in [2.75, 3.05) is 43.8 Å². The average Bonchev–Trinajstić information content (AvgIpc) is 3.34. The van der Waals surface area contributed by atoms with Gasteiger partial charge < -0.3 is 15.1 Å². The molecule has 0 aromatic carbocycles. The van der Waals surface area contributed by atoms with Gasteiger partial charge in [0.2, 0.25) is 0 Å². The standard InChI is InChI=1S/C18H23F3N6O2S/c19-18(20,21)16(1-2-16)9-24-14-6-22-13(5-23-14)12-7-26(8-12)15(28)27-10-17(11-27)3-4-30(29)25-17/h5-6,12,25H,1-4,7-11H2,(H,23,24). The second-order valence-electron chi connectivity index (χ2n) is 8.88. The van der Waals surface area contributed by atoms with Crippen LogP contribution in [-0.2, 0) is 11.0 Å². The van der Waals surface area contributed by atoms with Gasteiger partial charge in [0.25, 0.3) is 0 Å². The van der Waals surface area contributed by atoms with Crippen molar-refractivity contribution < 1.29 is 22.2 Å². The summed E-state index contributed by atoms with van der Waals surface area (Å²) in [6.45, 7) is 2.06. The van der Waals surface area contributed by atoms with Crippen molar-refractivity contribution in [2.45, 2.75) is 36.9 Å². The molecule has 8 nitrogen and oxygen atoms in total. The van der Waals surface area contributed by atoms with Crippen LogP contribution in [0.1, 0.15) is 30.9 Å². The topological polar surface area (TPSA) is 90.5 Å². The van der Waals surface area contributed by atoms with Crippen LogP contribution in [0, 0.1) is 5.41 Å². The Morgan fingerprint density at radius 1 is 1.20 bits per heavy atom. The summed E-state index contributed by atoms with van der Waals surface area (Å²) in [6.07, 6.45) is -0.0574. The van der Waals surface area contributed by atoms with E-state index < -0.39 is 22.6 Å². The quantitative estimate of drug-likeness (QED) is 0.734. The molecule has 0 radical (unpaired) electrons. The number of nitrogens with zero attached hydrogens (tertiary/aromatic N) is 4. The third-order valence-electron chi connectivity index (χ3n) is 6.66. The van der Waals surface area contributed by atoms with Gasteiger partial charge in [0.05, 0.1) is 40.0 Å². The number of carbonyl (C=O) groups is 1. The number of amides is 2. The van der Waals surface area contributed by atoms with Crippen molar-refractivity contribution >= 4 is 22.8 Å². The fraction of sp³-hybridized carbons (Fsp3) is 0.722. The number of urea groups is 1. The molecule has 0 bridgehead atoms. The molecule has 2 amide bonds. The zero-order valence-corrected chi connectivity index (χ0v) is 17.1. The van der Waals surface area contributed by atoms with Gasteiger partial charge in [-0.1, -0.05) is 0 Å². The number of hydrogen-bond donors (Lipinski definition) is 2. The van der Waals surface area contributed by atoms with Gasteiger partial charge in [-0.05, 0) is 19.3 Å². The number of likely N-dealkylation sites (tertiary alicyclic amines) is 2. The average molecular weight is 444 g/mol. The SMILES string of the molecule is O=C(N1CC(c2cnc(NCC3(C(F)(F)F)CC3)cn2)C1)N1CC2(CCS(=O)N2)C1. The van der Waals surface area contributed by atoms with Gasteiger partial charge in [-0.2, -0.15) is 13.2 Å². The predicted octanol–water partition coefficient (Wildman–Crippen LogP) is 1.46. The third-order valence-corrected chi connectivity index (χ3v) is 7.89. The van der Waals surface area contributed by atoms with Crippen LogP contribution in [-0.4, -0.2) is 80.2 Å². The third kappa shape index (κ3) is 3.43. The molecule has 1 aromatic rings. The zero-order chi connectivity index (χ0) is 21.1. The van der Waals surface area contributed by atoms with Crippen LogP contribution in [0.5, 0.6) is 0 Å². The minimum absolute atomic E-state index is 0.0236. The smallest absolute Gasteiger partial charge is 0.368 e. The fourth-order valence-corrected chi connectivity index (χ4v) is 5.70. The summed E-state index contributed by atoms with van der Waals surface area (Å²) in [5, 5.41) is 2.75. The maximum atomic E-state index is 13.0. The van der Waals surface area contributed by atoms with E-state index in [1.807, 2.05) is 0 Å². The molecule has 4 heterocycles. The summed E-state index contributed by atoms with van der Waals surface area (Å²) >= 11 is 0. The summed E-state index contributed by atoms with van der Waals surface area (Å²) in [5.41, 5.74) is -1.07. The van der Waals surface area contributed by atoms with E-state index in [0.29, 0.717) is 37.7 Å². The summed E-state index contributed by atoms with van der Waals surface area (Å²) in [4.78, 5) is 24.6. The Bertz CT molecular complexity index is 864. The van der Waals surface area contributed by atoms with E-state index in [2.05, 4.69) is 20.0 Å². The molecule has 1 aromatic heterocycles. The predicted molar refractivity (Wildman–Crippen MR) is 103 cm³/mol. The molecule has 30 heavy (non-hydrogen) atoms. The molecule has 5 rings (SSSR count). The lowest BCUT2D eigenvalue weighted by Crippen LogP contribution is -2.70. The number of carbonyl (C=O) groups excluding carboxylic acids is 1. The van der Waals surface area contributed by atoms with Crippen LogP contribution in [0.3, 0.4) is 0 Å². The number of anilines is 1. The lowest BCUT2D eigenvalue weighted by molar-refractivity contribution is -0.182. The number of nitrogens with one attached hydrogen (secondary N) is 2. The van der Waals surface area contributed by atoms with Crippen LogP contribution >= 0.6 is 0 Å². The highest BCUT2D eigenvalue weighted by Gasteiger charge is 2.63. The van der Waals surface area contributed by atoms with Gasteiger partial charge in [0.15, 0.2) is 0 Å². The minimum atomic E-state index is -4.20. The molecule has 3 aliphatic heterocycles. The van der Waals surface area contributed by atoms with Crippen molar-refractivity contribution in [1.29, 1.82) is 0 Å². The number of alkyl halides is 3. The van der Waals surface area contributed by atoms with E-state index in [1.54, 1.807) is 16.0 Å². The first-order valence-electron chi connectivity index (χ1n) is 10.0. The second kappa shape index (κ2) is 6.78. The van der Waals surface area contributed by atoms with Crippen molar-refractivity contribution in [2.24, 2.45) is 5.41 Å². The van der Waals surface area contributed by atoms with Crippen molar-refractivity contribution in [3.05, 3.63) is 18.1 Å². The molecule has 4 fully saturated rings. The van der Waals surface area contributed by atoms with Gasteiger partial charge >= 0.3 is 12.2 Å². The van der Waals surface area contributed by atoms with Crippen LogP contribution < -0.4 is 10.0 Å². The lowest BCUT2D eigenvalue weighted by Gasteiger charge is -2.51. The Balaban J connectivity index is 1.08. The van der Waals surface area contributed by atoms with E-state index in [0.717, 1.165) is 12.1 Å². The summed E-state index contributed by atoms with van der Waals surface area (Å²) in [7, 11) is -0.986. The van der Waals surface area contributed by atoms with Gasteiger partial charge in [-0.25, -0.2) is 18.7 Å². The molecule has 1 saturated carbocycles. The van der Waals surface area contributed by atoms with Crippen molar-refractivity contribution in [3.63, 3.8) is 0 Å². The number of halogens is 3. The maximum absolute atomic E-state index is 13.0. The maximum Gasteiger partial charge on any atom is 0.396 e. The Morgan fingerprint density at radius 2 is 1.93 bits per heavy atom. The Labute approximate surface area is 174 Å². The fourth-order valence-electron chi connectivity index (χ4n) is 4.31. The highest BCUT2D eigenvalue weighted by Crippen LogP contribution is 2.57. The molecule has 1 unspecified atom stereocenters. The van der Waals surface area contributed by atoms with Crippen LogP contribution in [0.25, 0.3) is 0 Å². The molecule has 3 saturated heterocycles. The zero-order valence-electron chi connectivity index (χ0n) is 16.2. The monoisotopic (exact) mass is 444 g/mol. The molecule has 1 spiro atoms. The Hall–Kier alpha value is -1.95. The minimum Gasteiger partial charge on any atom is -0.368 e. The van der Waals surface area contributed by atoms with Crippen LogP contribution in [0.15, 0.2) is 12.4 Å². The summed E-state index contributed by atoms with van der Waals surface area (Å²) in [6, 6.07) is -0.0236. The largest absolute Gasteiger partial charge is 0.396 e. The van der Waals surface area contributed by atoms with Crippen LogP contribution in [0.2, 0.25) is 0 Å². The molecule has 1 atom stereocenters. The highest BCUT2D eigenvalue weighted by molar-refractivity contribution is 7.83. The van der Waals surface area contributed by atoms with E-state index in [4.69, 9.17) is 0 Å². The first-order chi connectivity index (χ1) is 14.2. The van der Waals surface area contributed by atoms with E-state index in [9.17, 15) is 22.2 Å². The van der Waals surface area contributed by atoms with Crippen LogP contribution in [0.4, 0.5) is 23.8 Å². The van der Waals surface area contributed by atoms with Crippen molar-refractivity contribution in [3.8, 4) is 0 Å². The molecule has 4 aliphatic rings. The molecule has 2 N–H and O–H groups in total. The van der Waals surface area contributed by atoms with Gasteiger partial charge in [-0.3, -0.25) is 4.98 Å². The van der Waals surface area contributed by atoms with E-state index >= 15 is 0 Å². The lowest BCUT2D eigenvalue weighted by atomic mass is 9.88. The summed E-state index contributed by atoms with van der Waals surface area (Å²) < 4.78 is 53.5. The highest BCUT2D eigenvalue weighted by atomic mass is 32.2. The summed E-state index contributed by atoms with van der Waals surface area (Å²) in [5.74, 6) is 1.04. The second-order valence-corrected chi connectivity index (χ2v) is 10.2.